The molecule has 3 atom stereocenters. The second-order valence-corrected chi connectivity index (χ2v) is 3.53. The average Bonchev–Trinajstić information content (AvgIpc) is 2.81. The SMILES string of the molecule is CC[C@@H]1C[C@H]1CC(N)C(=O)OC. The first-order valence-corrected chi connectivity index (χ1v) is 4.52. The van der Waals surface area contributed by atoms with E-state index in [2.05, 4.69) is 11.7 Å². The van der Waals surface area contributed by atoms with Gasteiger partial charge >= 0.3 is 5.97 Å². The van der Waals surface area contributed by atoms with E-state index in [1.54, 1.807) is 0 Å². The third-order valence-electron chi connectivity index (χ3n) is 2.65. The van der Waals surface area contributed by atoms with Crippen molar-refractivity contribution in [2.24, 2.45) is 17.6 Å². The third kappa shape index (κ3) is 2.21. The van der Waals surface area contributed by atoms with Crippen LogP contribution in [-0.4, -0.2) is 19.1 Å². The number of rotatable bonds is 4. The number of carbonyl (C=O) groups is 1. The molecule has 0 aromatic heterocycles. The van der Waals surface area contributed by atoms with E-state index >= 15 is 0 Å². The quantitative estimate of drug-likeness (QED) is 0.640. The van der Waals surface area contributed by atoms with Crippen LogP contribution in [0.2, 0.25) is 0 Å². The molecule has 12 heavy (non-hydrogen) atoms. The zero-order chi connectivity index (χ0) is 9.14. The molecule has 0 spiro atoms. The first-order valence-electron chi connectivity index (χ1n) is 4.52. The first-order chi connectivity index (χ1) is 5.69. The topological polar surface area (TPSA) is 52.3 Å². The Morgan fingerprint density at radius 1 is 1.67 bits per heavy atom. The monoisotopic (exact) mass is 171 g/mol. The number of carbonyl (C=O) groups excluding carboxylic acids is 1. The largest absolute Gasteiger partial charge is 0.468 e. The Morgan fingerprint density at radius 3 is 2.75 bits per heavy atom. The maximum Gasteiger partial charge on any atom is 0.322 e. The van der Waals surface area contributed by atoms with Crippen molar-refractivity contribution in [1.29, 1.82) is 0 Å². The Kier molecular flexibility index (Phi) is 3.09. The zero-order valence-corrected chi connectivity index (χ0v) is 7.75. The summed E-state index contributed by atoms with van der Waals surface area (Å²) in [6.45, 7) is 2.17. The Labute approximate surface area is 73.3 Å². The van der Waals surface area contributed by atoms with E-state index in [4.69, 9.17) is 5.73 Å². The fraction of sp³-hybridized carbons (Fsp3) is 0.889. The molecule has 0 bridgehead atoms. The molecular weight excluding hydrogens is 154 g/mol. The van der Waals surface area contributed by atoms with Gasteiger partial charge in [-0.15, -0.1) is 0 Å². The minimum Gasteiger partial charge on any atom is -0.468 e. The van der Waals surface area contributed by atoms with Gasteiger partial charge in [0.25, 0.3) is 0 Å². The highest BCUT2D eigenvalue weighted by Crippen LogP contribution is 2.43. The van der Waals surface area contributed by atoms with Crippen LogP contribution in [0.5, 0.6) is 0 Å². The molecule has 0 aromatic rings. The molecule has 1 saturated carbocycles. The molecule has 0 saturated heterocycles. The van der Waals surface area contributed by atoms with E-state index in [-0.39, 0.29) is 5.97 Å². The van der Waals surface area contributed by atoms with E-state index in [1.807, 2.05) is 0 Å². The number of hydrogen-bond donors (Lipinski definition) is 1. The fourth-order valence-corrected chi connectivity index (χ4v) is 1.67. The Hall–Kier alpha value is -0.570. The van der Waals surface area contributed by atoms with Crippen molar-refractivity contribution in [3.8, 4) is 0 Å². The van der Waals surface area contributed by atoms with Crippen LogP contribution in [0.4, 0.5) is 0 Å². The predicted octanol–water partition coefficient (Wildman–Crippen LogP) is 0.923. The standard InChI is InChI=1S/C9H17NO2/c1-3-6-4-7(6)5-8(10)9(11)12-2/h6-8H,3-5,10H2,1-2H3/t6-,7+,8?/m1/s1. The Bertz CT molecular complexity index is 170. The molecule has 70 valence electrons. The van der Waals surface area contributed by atoms with E-state index < -0.39 is 6.04 Å². The molecule has 3 nitrogen and oxygen atoms in total. The molecule has 1 rings (SSSR count). The van der Waals surface area contributed by atoms with Crippen molar-refractivity contribution in [3.05, 3.63) is 0 Å². The van der Waals surface area contributed by atoms with Crippen LogP contribution in [0, 0.1) is 11.8 Å². The summed E-state index contributed by atoms with van der Waals surface area (Å²) in [6.07, 6.45) is 3.24. The van der Waals surface area contributed by atoms with Crippen molar-refractivity contribution in [2.75, 3.05) is 7.11 Å². The summed E-state index contributed by atoms with van der Waals surface area (Å²) in [5.41, 5.74) is 5.61. The van der Waals surface area contributed by atoms with Gasteiger partial charge in [-0.2, -0.15) is 0 Å². The molecule has 0 amide bonds. The molecular formula is C9H17NO2. The summed E-state index contributed by atoms with van der Waals surface area (Å²) >= 11 is 0. The minimum absolute atomic E-state index is 0.281. The Morgan fingerprint density at radius 2 is 2.33 bits per heavy atom. The Balaban J connectivity index is 2.19. The summed E-state index contributed by atoms with van der Waals surface area (Å²) in [6, 6.07) is -0.406. The maximum atomic E-state index is 10.9. The van der Waals surface area contributed by atoms with E-state index in [9.17, 15) is 4.79 Å². The van der Waals surface area contributed by atoms with Gasteiger partial charge in [-0.3, -0.25) is 4.79 Å². The lowest BCUT2D eigenvalue weighted by Gasteiger charge is -2.07. The van der Waals surface area contributed by atoms with Gasteiger partial charge in [0.2, 0.25) is 0 Å². The number of methoxy groups -OCH3 is 1. The third-order valence-corrected chi connectivity index (χ3v) is 2.65. The highest BCUT2D eigenvalue weighted by molar-refractivity contribution is 5.75. The molecule has 0 radical (unpaired) electrons. The van der Waals surface area contributed by atoms with Crippen LogP contribution in [0.25, 0.3) is 0 Å². The summed E-state index contributed by atoms with van der Waals surface area (Å²) in [7, 11) is 1.38. The summed E-state index contributed by atoms with van der Waals surface area (Å²) < 4.78 is 4.55. The lowest BCUT2D eigenvalue weighted by atomic mass is 10.1. The molecule has 0 aromatic carbocycles. The van der Waals surface area contributed by atoms with Crippen LogP contribution in [0.3, 0.4) is 0 Å². The van der Waals surface area contributed by atoms with Crippen LogP contribution in [0.15, 0.2) is 0 Å². The molecule has 1 aliphatic rings. The highest BCUT2D eigenvalue weighted by atomic mass is 16.5. The van der Waals surface area contributed by atoms with Gasteiger partial charge < -0.3 is 10.5 Å². The number of hydrogen-bond acceptors (Lipinski definition) is 3. The van der Waals surface area contributed by atoms with Crippen molar-refractivity contribution in [3.63, 3.8) is 0 Å². The molecule has 2 N–H and O–H groups in total. The normalized spacial score (nSPS) is 29.6. The first kappa shape index (κ1) is 9.52. The van der Waals surface area contributed by atoms with Gasteiger partial charge in [0.05, 0.1) is 7.11 Å². The number of esters is 1. The molecule has 1 aliphatic carbocycles. The molecule has 3 heteroatoms. The summed E-state index contributed by atoms with van der Waals surface area (Å²) in [4.78, 5) is 10.9. The van der Waals surface area contributed by atoms with Crippen LogP contribution < -0.4 is 5.73 Å². The van der Waals surface area contributed by atoms with Crippen molar-refractivity contribution in [2.45, 2.75) is 32.2 Å². The van der Waals surface area contributed by atoms with Crippen LogP contribution in [0.1, 0.15) is 26.2 Å². The van der Waals surface area contributed by atoms with Gasteiger partial charge in [0, 0.05) is 0 Å². The van der Waals surface area contributed by atoms with Crippen LogP contribution in [-0.2, 0) is 9.53 Å². The molecule has 1 unspecified atom stereocenters. The van der Waals surface area contributed by atoms with Gasteiger partial charge in [-0.1, -0.05) is 13.3 Å². The van der Waals surface area contributed by atoms with Crippen LogP contribution >= 0.6 is 0 Å². The zero-order valence-electron chi connectivity index (χ0n) is 7.75. The van der Waals surface area contributed by atoms with Crippen molar-refractivity contribution >= 4 is 5.97 Å². The van der Waals surface area contributed by atoms with E-state index in [1.165, 1.54) is 20.0 Å². The van der Waals surface area contributed by atoms with Gasteiger partial charge in [-0.05, 0) is 24.7 Å². The predicted molar refractivity (Wildman–Crippen MR) is 46.5 cm³/mol. The molecule has 1 fully saturated rings. The molecule has 0 heterocycles. The van der Waals surface area contributed by atoms with E-state index in [0.29, 0.717) is 5.92 Å². The smallest absolute Gasteiger partial charge is 0.322 e. The lowest BCUT2D eigenvalue weighted by Crippen LogP contribution is -2.32. The summed E-state index contributed by atoms with van der Waals surface area (Å²) in [5, 5.41) is 0. The number of nitrogens with two attached hydrogens (primary N) is 1. The minimum atomic E-state index is -0.406. The second-order valence-electron chi connectivity index (χ2n) is 3.53. The summed E-state index contributed by atoms with van der Waals surface area (Å²) in [5.74, 6) is 1.20. The van der Waals surface area contributed by atoms with Crippen molar-refractivity contribution < 1.29 is 9.53 Å². The van der Waals surface area contributed by atoms with Gasteiger partial charge in [0.15, 0.2) is 0 Å². The molecule has 0 aliphatic heterocycles. The number of ether oxygens (including phenoxy) is 1. The second kappa shape index (κ2) is 3.90. The van der Waals surface area contributed by atoms with Gasteiger partial charge in [-0.25, -0.2) is 0 Å². The highest BCUT2D eigenvalue weighted by Gasteiger charge is 2.37. The fourth-order valence-electron chi connectivity index (χ4n) is 1.67. The van der Waals surface area contributed by atoms with Crippen molar-refractivity contribution in [1.82, 2.24) is 0 Å². The van der Waals surface area contributed by atoms with Gasteiger partial charge in [0.1, 0.15) is 6.04 Å². The lowest BCUT2D eigenvalue weighted by molar-refractivity contribution is -0.142. The average molecular weight is 171 g/mol. The van der Waals surface area contributed by atoms with E-state index in [0.717, 1.165) is 12.3 Å². The maximum absolute atomic E-state index is 10.9.